The molecule has 0 radical (unpaired) electrons. The molecule has 1 aromatic heterocycles. The van der Waals surface area contributed by atoms with E-state index in [9.17, 15) is 4.79 Å². The van der Waals surface area contributed by atoms with Crippen molar-refractivity contribution in [3.8, 4) is 22.1 Å². The number of ether oxygens (including phenoxy) is 1. The maximum Gasteiger partial charge on any atom is 0.309 e. The molecule has 0 bridgehead atoms. The Bertz CT molecular complexity index is 913. The van der Waals surface area contributed by atoms with E-state index in [0.717, 1.165) is 33.2 Å². The molecule has 0 aliphatic carbocycles. The molecule has 3 rings (SSSR count). The molecule has 0 spiro atoms. The quantitative estimate of drug-likeness (QED) is 0.689. The standard InChI is InChI=1S/C20H19NO3S/c1-12-4-5-13(2)19(14(12)3)24-17-8-6-15(7-9-17)20-21-16(11-25-20)10-18(22)23/h4-9,11H,10H2,1-3H3,(H,22,23). The van der Waals surface area contributed by atoms with E-state index >= 15 is 0 Å². The Hall–Kier alpha value is -2.66. The van der Waals surface area contributed by atoms with Gasteiger partial charge in [0.2, 0.25) is 0 Å². The molecule has 0 saturated carbocycles. The van der Waals surface area contributed by atoms with Gasteiger partial charge in [-0.2, -0.15) is 0 Å². The normalized spacial score (nSPS) is 10.7. The number of thiazole rings is 1. The number of rotatable bonds is 5. The first-order chi connectivity index (χ1) is 11.9. The molecule has 5 heteroatoms. The molecule has 1 heterocycles. The summed E-state index contributed by atoms with van der Waals surface area (Å²) in [4.78, 5) is 15.1. The van der Waals surface area contributed by atoms with Crippen molar-refractivity contribution in [3.63, 3.8) is 0 Å². The van der Waals surface area contributed by atoms with Crippen LogP contribution in [0, 0.1) is 20.8 Å². The topological polar surface area (TPSA) is 59.4 Å². The number of aromatic nitrogens is 1. The summed E-state index contributed by atoms with van der Waals surface area (Å²) in [7, 11) is 0. The predicted molar refractivity (Wildman–Crippen MR) is 99.6 cm³/mol. The molecule has 0 saturated heterocycles. The molecule has 25 heavy (non-hydrogen) atoms. The van der Waals surface area contributed by atoms with Gasteiger partial charge in [0.1, 0.15) is 16.5 Å². The van der Waals surface area contributed by atoms with Crippen molar-refractivity contribution in [2.24, 2.45) is 0 Å². The van der Waals surface area contributed by atoms with Crippen LogP contribution in [0.2, 0.25) is 0 Å². The lowest BCUT2D eigenvalue weighted by molar-refractivity contribution is -0.136. The van der Waals surface area contributed by atoms with Gasteiger partial charge < -0.3 is 9.84 Å². The molecule has 0 aliphatic rings. The lowest BCUT2D eigenvalue weighted by Crippen LogP contribution is -1.99. The van der Waals surface area contributed by atoms with Gasteiger partial charge in [0, 0.05) is 10.9 Å². The molecule has 2 aromatic carbocycles. The maximum absolute atomic E-state index is 10.8. The summed E-state index contributed by atoms with van der Waals surface area (Å²) in [6.45, 7) is 6.17. The Morgan fingerprint density at radius 2 is 1.76 bits per heavy atom. The second-order valence-electron chi connectivity index (χ2n) is 5.99. The number of nitrogens with zero attached hydrogens (tertiary/aromatic N) is 1. The van der Waals surface area contributed by atoms with Crippen molar-refractivity contribution >= 4 is 17.3 Å². The van der Waals surface area contributed by atoms with E-state index in [0.29, 0.717) is 5.69 Å². The Morgan fingerprint density at radius 1 is 1.08 bits per heavy atom. The van der Waals surface area contributed by atoms with Crippen molar-refractivity contribution in [2.75, 3.05) is 0 Å². The van der Waals surface area contributed by atoms with Gasteiger partial charge in [0.05, 0.1) is 12.1 Å². The van der Waals surface area contributed by atoms with Gasteiger partial charge in [-0.25, -0.2) is 4.98 Å². The van der Waals surface area contributed by atoms with Crippen LogP contribution in [0.15, 0.2) is 41.8 Å². The fraction of sp³-hybridized carbons (Fsp3) is 0.200. The van der Waals surface area contributed by atoms with Gasteiger partial charge in [-0.15, -0.1) is 11.3 Å². The Morgan fingerprint density at radius 3 is 2.44 bits per heavy atom. The lowest BCUT2D eigenvalue weighted by Gasteiger charge is -2.13. The minimum Gasteiger partial charge on any atom is -0.481 e. The summed E-state index contributed by atoms with van der Waals surface area (Å²) in [5.41, 5.74) is 4.98. The smallest absolute Gasteiger partial charge is 0.309 e. The zero-order chi connectivity index (χ0) is 18.0. The van der Waals surface area contributed by atoms with Gasteiger partial charge in [-0.3, -0.25) is 4.79 Å². The Labute approximate surface area is 150 Å². The summed E-state index contributed by atoms with van der Waals surface area (Å²) < 4.78 is 6.07. The third-order valence-electron chi connectivity index (χ3n) is 4.08. The largest absolute Gasteiger partial charge is 0.481 e. The van der Waals surface area contributed by atoms with Gasteiger partial charge in [0.15, 0.2) is 0 Å². The third kappa shape index (κ3) is 3.88. The molecular formula is C20H19NO3S. The molecule has 0 atom stereocenters. The summed E-state index contributed by atoms with van der Waals surface area (Å²) in [6.07, 6.45) is -0.0520. The van der Waals surface area contributed by atoms with E-state index in [4.69, 9.17) is 9.84 Å². The van der Waals surface area contributed by atoms with E-state index in [2.05, 4.69) is 31.0 Å². The second-order valence-corrected chi connectivity index (χ2v) is 6.85. The fourth-order valence-electron chi connectivity index (χ4n) is 2.54. The van der Waals surface area contributed by atoms with Gasteiger partial charge in [0.25, 0.3) is 0 Å². The predicted octanol–water partition coefficient (Wildman–Crippen LogP) is 5.15. The molecular weight excluding hydrogens is 334 g/mol. The Balaban J connectivity index is 1.80. The summed E-state index contributed by atoms with van der Waals surface area (Å²) in [6, 6.07) is 11.9. The van der Waals surface area contributed by atoms with Crippen molar-refractivity contribution in [1.29, 1.82) is 0 Å². The summed E-state index contributed by atoms with van der Waals surface area (Å²) in [5, 5.41) is 11.4. The highest BCUT2D eigenvalue weighted by atomic mass is 32.1. The van der Waals surface area contributed by atoms with Crippen LogP contribution >= 0.6 is 11.3 Å². The van der Waals surface area contributed by atoms with Crippen LogP contribution in [0.1, 0.15) is 22.4 Å². The van der Waals surface area contributed by atoms with E-state index < -0.39 is 5.97 Å². The molecule has 0 aliphatic heterocycles. The number of carbonyl (C=O) groups is 1. The summed E-state index contributed by atoms with van der Waals surface area (Å²) >= 11 is 1.45. The maximum atomic E-state index is 10.8. The van der Waals surface area contributed by atoms with E-state index in [1.165, 1.54) is 16.9 Å². The van der Waals surface area contributed by atoms with Crippen molar-refractivity contribution in [3.05, 3.63) is 64.2 Å². The summed E-state index contributed by atoms with van der Waals surface area (Å²) in [5.74, 6) is 0.790. The lowest BCUT2D eigenvalue weighted by atomic mass is 10.1. The number of benzene rings is 2. The SMILES string of the molecule is Cc1ccc(C)c(Oc2ccc(-c3nc(CC(=O)O)cs3)cc2)c1C. The molecule has 0 amide bonds. The average molecular weight is 353 g/mol. The molecule has 1 N–H and O–H groups in total. The number of aryl methyl sites for hydroxylation is 2. The van der Waals surface area contributed by atoms with E-state index in [-0.39, 0.29) is 6.42 Å². The van der Waals surface area contributed by atoms with Crippen LogP contribution in [-0.4, -0.2) is 16.1 Å². The van der Waals surface area contributed by atoms with Crippen LogP contribution in [0.3, 0.4) is 0 Å². The van der Waals surface area contributed by atoms with Gasteiger partial charge in [-0.05, 0) is 61.7 Å². The molecule has 128 valence electrons. The van der Waals surface area contributed by atoms with Gasteiger partial charge >= 0.3 is 5.97 Å². The zero-order valence-electron chi connectivity index (χ0n) is 14.4. The van der Waals surface area contributed by atoms with Crippen molar-refractivity contribution < 1.29 is 14.6 Å². The molecule has 3 aromatic rings. The zero-order valence-corrected chi connectivity index (χ0v) is 15.2. The van der Waals surface area contributed by atoms with Crippen LogP contribution in [0.5, 0.6) is 11.5 Å². The number of carboxylic acids is 1. The van der Waals surface area contributed by atoms with Gasteiger partial charge in [-0.1, -0.05) is 12.1 Å². The number of carboxylic acid groups (broad SMARTS) is 1. The second kappa shape index (κ2) is 7.07. The molecule has 0 unspecified atom stereocenters. The minimum absolute atomic E-state index is 0.0520. The van der Waals surface area contributed by atoms with Crippen LogP contribution in [-0.2, 0) is 11.2 Å². The van der Waals surface area contributed by atoms with Crippen LogP contribution < -0.4 is 4.74 Å². The Kier molecular flexibility index (Phi) is 4.86. The van der Waals surface area contributed by atoms with E-state index in [1.807, 2.05) is 31.2 Å². The van der Waals surface area contributed by atoms with Crippen molar-refractivity contribution in [2.45, 2.75) is 27.2 Å². The highest BCUT2D eigenvalue weighted by Crippen LogP contribution is 2.32. The van der Waals surface area contributed by atoms with E-state index in [1.54, 1.807) is 5.38 Å². The van der Waals surface area contributed by atoms with Crippen LogP contribution in [0.25, 0.3) is 10.6 Å². The first kappa shape index (κ1) is 17.2. The highest BCUT2D eigenvalue weighted by Gasteiger charge is 2.10. The molecule has 4 nitrogen and oxygen atoms in total. The first-order valence-corrected chi connectivity index (χ1v) is 8.83. The number of hydrogen-bond acceptors (Lipinski definition) is 4. The van der Waals surface area contributed by atoms with Crippen LogP contribution in [0.4, 0.5) is 0 Å². The third-order valence-corrected chi connectivity index (χ3v) is 5.02. The fourth-order valence-corrected chi connectivity index (χ4v) is 3.37. The number of hydrogen-bond donors (Lipinski definition) is 1. The highest BCUT2D eigenvalue weighted by molar-refractivity contribution is 7.13. The van der Waals surface area contributed by atoms with Crippen molar-refractivity contribution in [1.82, 2.24) is 4.98 Å². The molecule has 0 fully saturated rings. The monoisotopic (exact) mass is 353 g/mol. The number of aliphatic carboxylic acids is 1. The average Bonchev–Trinajstić information content (AvgIpc) is 3.03. The first-order valence-electron chi connectivity index (χ1n) is 7.95. The minimum atomic E-state index is -0.871.